The van der Waals surface area contributed by atoms with Gasteiger partial charge in [0.1, 0.15) is 17.2 Å². The van der Waals surface area contributed by atoms with Crippen molar-refractivity contribution in [3.05, 3.63) is 63.7 Å². The number of carbonyl (C=O) groups is 2. The molecule has 0 bridgehead atoms. The molecule has 3 aromatic heterocycles. The molecule has 2 N–H and O–H groups in total. The van der Waals surface area contributed by atoms with E-state index in [1.54, 1.807) is 18.2 Å². The quantitative estimate of drug-likeness (QED) is 0.661. The van der Waals surface area contributed by atoms with Gasteiger partial charge in [-0.25, -0.2) is 9.97 Å². The minimum absolute atomic E-state index is 0.0700. The molecule has 1 amide bonds. The first kappa shape index (κ1) is 16.5. The van der Waals surface area contributed by atoms with Gasteiger partial charge < -0.3 is 10.3 Å². The number of pyridine rings is 3. The van der Waals surface area contributed by atoms with Crippen LogP contribution in [-0.2, 0) is 11.2 Å². The van der Waals surface area contributed by atoms with Crippen LogP contribution in [0.2, 0.25) is 0 Å². The number of amides is 1. The normalized spacial score (nSPS) is 12.6. The second kappa shape index (κ2) is 7.04. The molecule has 4 rings (SSSR count). The highest BCUT2D eigenvalue weighted by molar-refractivity contribution is 5.92. The number of H-pyrrole nitrogens is 1. The number of nitrogens with zero attached hydrogens (tertiary/aromatic N) is 2. The van der Waals surface area contributed by atoms with Crippen LogP contribution in [-0.4, -0.2) is 27.1 Å². The molecule has 0 saturated heterocycles. The zero-order valence-corrected chi connectivity index (χ0v) is 13.6. The molecule has 0 aliphatic carbocycles. The number of aryl methyl sites for hydroxylation is 2. The van der Waals surface area contributed by atoms with Gasteiger partial charge in [0.2, 0.25) is 11.5 Å². The fourth-order valence-corrected chi connectivity index (χ4v) is 2.45. The van der Waals surface area contributed by atoms with Crippen molar-refractivity contribution in [2.45, 2.75) is 19.8 Å². The molecule has 0 radical (unpaired) electrons. The number of anilines is 1. The summed E-state index contributed by atoms with van der Waals surface area (Å²) in [7, 11) is 0. The highest BCUT2D eigenvalue weighted by Gasteiger charge is 2.14. The topological polar surface area (TPSA) is 105 Å². The Bertz CT molecular complexity index is 1010. The maximum Gasteiger partial charge on any atom is 0.249 e. The van der Waals surface area contributed by atoms with Crippen molar-refractivity contribution >= 4 is 29.0 Å². The number of aromatic nitrogens is 3. The molecule has 126 valence electrons. The van der Waals surface area contributed by atoms with Gasteiger partial charge in [0.15, 0.2) is 6.29 Å². The summed E-state index contributed by atoms with van der Waals surface area (Å²) in [5.41, 5.74) is 2.62. The Morgan fingerprint density at radius 1 is 1.00 bits per heavy atom. The van der Waals surface area contributed by atoms with E-state index >= 15 is 0 Å². The van der Waals surface area contributed by atoms with Gasteiger partial charge in [-0.15, -0.1) is 0 Å². The molecule has 0 fully saturated rings. The molecule has 25 heavy (non-hydrogen) atoms. The molecular weight excluding hydrogens is 320 g/mol. The number of nitrogens with one attached hydrogen (secondary N) is 2. The fourth-order valence-electron chi connectivity index (χ4n) is 2.45. The lowest BCUT2D eigenvalue weighted by Gasteiger charge is -2.15. The average Bonchev–Trinajstić information content (AvgIpc) is 2.61. The van der Waals surface area contributed by atoms with Crippen LogP contribution in [0.15, 0.2) is 41.2 Å². The van der Waals surface area contributed by atoms with Crippen molar-refractivity contribution in [3.8, 4) is 0 Å². The van der Waals surface area contributed by atoms with Crippen LogP contribution in [0.1, 0.15) is 28.2 Å². The largest absolute Gasteiger partial charge is 0.310 e. The summed E-state index contributed by atoms with van der Waals surface area (Å²) in [6, 6.07) is 10.4. The Morgan fingerprint density at radius 2 is 1.80 bits per heavy atom. The number of aromatic amines is 1. The Morgan fingerprint density at radius 3 is 2.60 bits per heavy atom. The Balaban J connectivity index is 0.000000146. The predicted octanol–water partition coefficient (Wildman–Crippen LogP) is 2.01. The van der Waals surface area contributed by atoms with E-state index in [2.05, 4.69) is 20.3 Å². The van der Waals surface area contributed by atoms with Gasteiger partial charge in [-0.2, -0.15) is 0 Å². The van der Waals surface area contributed by atoms with Gasteiger partial charge in [-0.1, -0.05) is 6.07 Å². The van der Waals surface area contributed by atoms with Gasteiger partial charge in [-0.3, -0.25) is 14.4 Å². The zero-order valence-electron chi connectivity index (χ0n) is 13.6. The molecule has 0 atom stereocenters. The minimum atomic E-state index is -0.219. The SMILES string of the molecule is Cc1ccc2c(n1)NC(=O)CC2.O=Cc1ccc2ccc(=O)[nH]c2n1. The zero-order chi connectivity index (χ0) is 17.8. The lowest BCUT2D eigenvalue weighted by molar-refractivity contribution is -0.116. The van der Waals surface area contributed by atoms with E-state index in [1.807, 2.05) is 19.1 Å². The molecule has 1 aliphatic heterocycles. The monoisotopic (exact) mass is 336 g/mol. The molecule has 4 heterocycles. The van der Waals surface area contributed by atoms with Crippen LogP contribution in [0.3, 0.4) is 0 Å². The van der Waals surface area contributed by atoms with Crippen molar-refractivity contribution in [1.29, 1.82) is 0 Å². The van der Waals surface area contributed by atoms with E-state index < -0.39 is 0 Å². The van der Waals surface area contributed by atoms with Crippen LogP contribution < -0.4 is 10.9 Å². The van der Waals surface area contributed by atoms with Gasteiger partial charge in [0.25, 0.3) is 0 Å². The number of aldehydes is 1. The third-order valence-corrected chi connectivity index (χ3v) is 3.72. The first-order valence-electron chi connectivity index (χ1n) is 7.77. The lowest BCUT2D eigenvalue weighted by Crippen LogP contribution is -2.20. The van der Waals surface area contributed by atoms with Crippen molar-refractivity contribution in [1.82, 2.24) is 15.0 Å². The second-order valence-corrected chi connectivity index (χ2v) is 5.62. The van der Waals surface area contributed by atoms with Crippen LogP contribution in [0.4, 0.5) is 5.82 Å². The summed E-state index contributed by atoms with van der Waals surface area (Å²) in [6.07, 6.45) is 2.04. The first-order valence-corrected chi connectivity index (χ1v) is 7.77. The van der Waals surface area contributed by atoms with Gasteiger partial charge in [-0.05, 0) is 43.2 Å². The number of hydrogen-bond donors (Lipinski definition) is 2. The van der Waals surface area contributed by atoms with Crippen molar-refractivity contribution in [3.63, 3.8) is 0 Å². The van der Waals surface area contributed by atoms with Crippen LogP contribution in [0.25, 0.3) is 11.0 Å². The fraction of sp³-hybridized carbons (Fsp3) is 0.167. The molecule has 3 aromatic rings. The van der Waals surface area contributed by atoms with Crippen molar-refractivity contribution in [2.75, 3.05) is 5.32 Å². The summed E-state index contributed by atoms with van der Waals surface area (Å²) in [5, 5.41) is 3.56. The van der Waals surface area contributed by atoms with E-state index in [4.69, 9.17) is 0 Å². The second-order valence-electron chi connectivity index (χ2n) is 5.62. The van der Waals surface area contributed by atoms with Crippen LogP contribution >= 0.6 is 0 Å². The van der Waals surface area contributed by atoms with E-state index in [0.717, 1.165) is 28.9 Å². The van der Waals surface area contributed by atoms with Crippen LogP contribution in [0, 0.1) is 6.92 Å². The minimum Gasteiger partial charge on any atom is -0.310 e. The van der Waals surface area contributed by atoms with Gasteiger partial charge in [0.05, 0.1) is 0 Å². The Hall–Kier alpha value is -3.35. The maximum atomic E-state index is 11.0. The summed E-state index contributed by atoms with van der Waals surface area (Å²) in [5.74, 6) is 0.812. The van der Waals surface area contributed by atoms with E-state index in [-0.39, 0.29) is 11.5 Å². The van der Waals surface area contributed by atoms with Gasteiger partial charge in [0, 0.05) is 23.6 Å². The summed E-state index contributed by atoms with van der Waals surface area (Å²) in [4.78, 5) is 43.0. The number of hydrogen-bond acceptors (Lipinski definition) is 5. The maximum absolute atomic E-state index is 11.0. The Kier molecular flexibility index (Phi) is 4.65. The summed E-state index contributed by atoms with van der Waals surface area (Å²) in [6.45, 7) is 1.92. The molecule has 0 spiro atoms. The number of carbonyl (C=O) groups excluding carboxylic acids is 2. The van der Waals surface area contributed by atoms with Gasteiger partial charge >= 0.3 is 0 Å². The number of fused-ring (bicyclic) bond motifs is 2. The predicted molar refractivity (Wildman–Crippen MR) is 93.7 cm³/mol. The molecule has 1 aliphatic rings. The molecule has 0 aromatic carbocycles. The molecule has 0 unspecified atom stereocenters. The number of rotatable bonds is 1. The standard InChI is InChI=1S/C9H6N2O2.C9H10N2O/c12-5-7-3-1-6-2-4-8(13)11-9(6)10-7;1-6-2-3-7-4-5-8(12)11-9(7)10-6/h1-5H,(H,10,11,13);2-3H,4-5H2,1H3,(H,10,11,12). The smallest absolute Gasteiger partial charge is 0.249 e. The van der Waals surface area contributed by atoms with Crippen molar-refractivity contribution < 1.29 is 9.59 Å². The molecular formula is C18H16N4O3. The molecule has 0 saturated carbocycles. The lowest BCUT2D eigenvalue weighted by atomic mass is 10.1. The Labute approximate surface area is 143 Å². The van der Waals surface area contributed by atoms with Crippen LogP contribution in [0.5, 0.6) is 0 Å². The van der Waals surface area contributed by atoms with Crippen molar-refractivity contribution in [2.24, 2.45) is 0 Å². The molecule has 7 heteroatoms. The third-order valence-electron chi connectivity index (χ3n) is 3.72. The average molecular weight is 336 g/mol. The first-order chi connectivity index (χ1) is 12.0. The molecule has 7 nitrogen and oxygen atoms in total. The highest BCUT2D eigenvalue weighted by Crippen LogP contribution is 2.19. The summed E-state index contributed by atoms with van der Waals surface area (Å²) >= 11 is 0. The summed E-state index contributed by atoms with van der Waals surface area (Å²) < 4.78 is 0. The van der Waals surface area contributed by atoms with E-state index in [1.165, 1.54) is 6.07 Å². The van der Waals surface area contributed by atoms with E-state index in [9.17, 15) is 14.4 Å². The third kappa shape index (κ3) is 3.95. The highest BCUT2D eigenvalue weighted by atomic mass is 16.1. The van der Waals surface area contributed by atoms with E-state index in [0.29, 0.717) is 24.0 Å².